The Morgan fingerprint density at radius 1 is 1.26 bits per heavy atom. The number of methoxy groups -OCH3 is 1. The zero-order valence-corrected chi connectivity index (χ0v) is 11.9. The predicted molar refractivity (Wildman–Crippen MR) is 80.1 cm³/mol. The number of benzene rings is 1. The largest absolute Gasteiger partial charge is 0.497 e. The molecule has 5 heteroatoms. The van der Waals surface area contributed by atoms with Gasteiger partial charge in [-0.1, -0.05) is 12.1 Å². The second kappa shape index (κ2) is 7.11. The van der Waals surface area contributed by atoms with Crippen LogP contribution < -0.4 is 15.8 Å². The number of anilines is 1. The smallest absolute Gasteiger partial charge is 0.182 e. The van der Waals surface area contributed by atoms with E-state index in [2.05, 4.69) is 27.8 Å². The Morgan fingerprint density at radius 3 is 2.74 bits per heavy atom. The van der Waals surface area contributed by atoms with Crippen molar-refractivity contribution in [1.82, 2.24) is 4.98 Å². The first-order chi connectivity index (χ1) is 9.31. The lowest BCUT2D eigenvalue weighted by molar-refractivity contribution is 0.414. The van der Waals surface area contributed by atoms with Gasteiger partial charge in [-0.05, 0) is 30.7 Å². The van der Waals surface area contributed by atoms with Crippen LogP contribution in [0.3, 0.4) is 0 Å². The average Bonchev–Trinajstić information content (AvgIpc) is 2.88. The summed E-state index contributed by atoms with van der Waals surface area (Å²) in [5, 5.41) is 6.36. The minimum Gasteiger partial charge on any atom is -0.497 e. The number of ether oxygens (including phenoxy) is 1. The van der Waals surface area contributed by atoms with E-state index in [1.54, 1.807) is 18.4 Å². The number of aromatic nitrogens is 1. The van der Waals surface area contributed by atoms with Crippen LogP contribution in [-0.4, -0.2) is 25.2 Å². The summed E-state index contributed by atoms with van der Waals surface area (Å²) in [4.78, 5) is 4.47. The predicted octanol–water partition coefficient (Wildman–Crippen LogP) is 2.31. The fraction of sp³-hybridized carbons (Fsp3) is 0.357. The first-order valence-corrected chi connectivity index (χ1v) is 7.21. The van der Waals surface area contributed by atoms with Crippen LogP contribution in [0.1, 0.15) is 11.3 Å². The van der Waals surface area contributed by atoms with Gasteiger partial charge in [0.15, 0.2) is 5.13 Å². The van der Waals surface area contributed by atoms with E-state index in [0.29, 0.717) is 6.54 Å². The van der Waals surface area contributed by atoms with E-state index in [4.69, 9.17) is 10.5 Å². The van der Waals surface area contributed by atoms with E-state index in [1.807, 2.05) is 12.1 Å². The van der Waals surface area contributed by atoms with Crippen LogP contribution in [0.15, 0.2) is 29.6 Å². The lowest BCUT2D eigenvalue weighted by atomic mass is 10.1. The highest BCUT2D eigenvalue weighted by Gasteiger charge is 2.01. The standard InChI is InChI=1S/C14H19N3OS/c1-18-13-4-2-11(3-5-13)7-9-16-14-17-12(6-8-15)10-19-14/h2-5,10H,6-9,15H2,1H3,(H,16,17). The monoisotopic (exact) mass is 277 g/mol. The molecule has 0 aliphatic carbocycles. The molecule has 0 spiro atoms. The van der Waals surface area contributed by atoms with Crippen molar-refractivity contribution in [2.24, 2.45) is 5.73 Å². The van der Waals surface area contributed by atoms with Crippen molar-refractivity contribution in [1.29, 1.82) is 0 Å². The van der Waals surface area contributed by atoms with Gasteiger partial charge in [-0.3, -0.25) is 0 Å². The summed E-state index contributed by atoms with van der Waals surface area (Å²) in [5.41, 5.74) is 7.86. The Labute approximate surface area is 117 Å². The van der Waals surface area contributed by atoms with Crippen LogP contribution in [0.4, 0.5) is 5.13 Å². The molecule has 2 aromatic rings. The van der Waals surface area contributed by atoms with E-state index in [1.165, 1.54) is 5.56 Å². The first-order valence-electron chi connectivity index (χ1n) is 6.33. The summed E-state index contributed by atoms with van der Waals surface area (Å²) in [5.74, 6) is 0.892. The summed E-state index contributed by atoms with van der Waals surface area (Å²) < 4.78 is 5.13. The molecule has 1 aromatic heterocycles. The van der Waals surface area contributed by atoms with Crippen LogP contribution in [0.25, 0.3) is 0 Å². The summed E-state index contributed by atoms with van der Waals surface area (Å²) in [6.45, 7) is 1.52. The number of rotatable bonds is 7. The quantitative estimate of drug-likeness (QED) is 0.815. The second-order valence-corrected chi connectivity index (χ2v) is 5.07. The lowest BCUT2D eigenvalue weighted by Gasteiger charge is -2.04. The molecule has 1 aromatic carbocycles. The van der Waals surface area contributed by atoms with Crippen molar-refractivity contribution >= 4 is 16.5 Å². The molecule has 0 bridgehead atoms. The van der Waals surface area contributed by atoms with E-state index in [-0.39, 0.29) is 0 Å². The molecule has 0 radical (unpaired) electrons. The molecule has 0 aliphatic rings. The van der Waals surface area contributed by atoms with Gasteiger partial charge in [-0.2, -0.15) is 0 Å². The highest BCUT2D eigenvalue weighted by atomic mass is 32.1. The zero-order valence-electron chi connectivity index (χ0n) is 11.1. The van der Waals surface area contributed by atoms with E-state index in [0.717, 1.165) is 36.0 Å². The van der Waals surface area contributed by atoms with Gasteiger partial charge in [0.1, 0.15) is 5.75 Å². The molecule has 102 valence electrons. The van der Waals surface area contributed by atoms with Gasteiger partial charge in [0.05, 0.1) is 12.8 Å². The fourth-order valence-electron chi connectivity index (χ4n) is 1.76. The Kier molecular flexibility index (Phi) is 5.18. The summed E-state index contributed by atoms with van der Waals surface area (Å²) >= 11 is 1.63. The van der Waals surface area contributed by atoms with Crippen LogP contribution in [0.2, 0.25) is 0 Å². The maximum Gasteiger partial charge on any atom is 0.182 e. The van der Waals surface area contributed by atoms with Gasteiger partial charge in [0.25, 0.3) is 0 Å². The molecule has 2 rings (SSSR count). The minimum atomic E-state index is 0.648. The summed E-state index contributed by atoms with van der Waals surface area (Å²) in [7, 11) is 1.68. The van der Waals surface area contributed by atoms with Crippen molar-refractivity contribution in [3.63, 3.8) is 0 Å². The molecule has 3 N–H and O–H groups in total. The first kappa shape index (κ1) is 13.8. The van der Waals surface area contributed by atoms with Gasteiger partial charge in [-0.15, -0.1) is 11.3 Å². The third-order valence-corrected chi connectivity index (χ3v) is 3.65. The third kappa shape index (κ3) is 4.22. The number of nitrogens with one attached hydrogen (secondary N) is 1. The fourth-order valence-corrected chi connectivity index (χ4v) is 2.53. The Hall–Kier alpha value is -1.59. The van der Waals surface area contributed by atoms with Crippen molar-refractivity contribution in [2.75, 3.05) is 25.5 Å². The molecule has 0 unspecified atom stereocenters. The van der Waals surface area contributed by atoms with Gasteiger partial charge in [0, 0.05) is 18.3 Å². The number of hydrogen-bond donors (Lipinski definition) is 2. The Balaban J connectivity index is 1.78. The van der Waals surface area contributed by atoms with Gasteiger partial charge >= 0.3 is 0 Å². The van der Waals surface area contributed by atoms with Crippen molar-refractivity contribution in [3.05, 3.63) is 40.9 Å². The van der Waals surface area contributed by atoms with Crippen LogP contribution in [0.5, 0.6) is 5.75 Å². The molecule has 0 fully saturated rings. The van der Waals surface area contributed by atoms with Gasteiger partial charge < -0.3 is 15.8 Å². The molecule has 4 nitrogen and oxygen atoms in total. The molecule has 19 heavy (non-hydrogen) atoms. The average molecular weight is 277 g/mol. The normalized spacial score (nSPS) is 10.4. The molecular formula is C14H19N3OS. The topological polar surface area (TPSA) is 60.2 Å². The van der Waals surface area contributed by atoms with Crippen molar-refractivity contribution in [3.8, 4) is 5.75 Å². The third-order valence-electron chi connectivity index (χ3n) is 2.80. The maximum atomic E-state index is 5.50. The minimum absolute atomic E-state index is 0.648. The Bertz CT molecular complexity index is 496. The van der Waals surface area contributed by atoms with E-state index < -0.39 is 0 Å². The molecule has 0 saturated heterocycles. The number of nitrogens with two attached hydrogens (primary N) is 1. The molecule has 1 heterocycles. The molecule has 0 atom stereocenters. The molecule has 0 aliphatic heterocycles. The molecule has 0 amide bonds. The van der Waals surface area contributed by atoms with E-state index >= 15 is 0 Å². The summed E-state index contributed by atoms with van der Waals surface area (Å²) in [6, 6.07) is 8.14. The lowest BCUT2D eigenvalue weighted by Crippen LogP contribution is -2.06. The molecular weight excluding hydrogens is 258 g/mol. The Morgan fingerprint density at radius 2 is 2.05 bits per heavy atom. The van der Waals surface area contributed by atoms with Gasteiger partial charge in [-0.25, -0.2) is 4.98 Å². The van der Waals surface area contributed by atoms with Crippen LogP contribution in [0, 0.1) is 0 Å². The highest BCUT2D eigenvalue weighted by Crippen LogP contribution is 2.16. The van der Waals surface area contributed by atoms with Gasteiger partial charge in [0.2, 0.25) is 0 Å². The van der Waals surface area contributed by atoms with Crippen molar-refractivity contribution < 1.29 is 4.74 Å². The highest BCUT2D eigenvalue weighted by molar-refractivity contribution is 7.13. The van der Waals surface area contributed by atoms with Crippen molar-refractivity contribution in [2.45, 2.75) is 12.8 Å². The zero-order chi connectivity index (χ0) is 13.5. The maximum absolute atomic E-state index is 5.50. The second-order valence-electron chi connectivity index (χ2n) is 4.21. The SMILES string of the molecule is COc1ccc(CCNc2nc(CCN)cs2)cc1. The summed E-state index contributed by atoms with van der Waals surface area (Å²) in [6.07, 6.45) is 1.81. The number of nitrogens with zero attached hydrogens (tertiary/aromatic N) is 1. The van der Waals surface area contributed by atoms with Crippen LogP contribution in [-0.2, 0) is 12.8 Å². The number of hydrogen-bond acceptors (Lipinski definition) is 5. The number of thiazole rings is 1. The molecule has 0 saturated carbocycles. The van der Waals surface area contributed by atoms with Crippen LogP contribution >= 0.6 is 11.3 Å². The van der Waals surface area contributed by atoms with E-state index in [9.17, 15) is 0 Å².